The Morgan fingerprint density at radius 3 is 2.35 bits per heavy atom. The van der Waals surface area contributed by atoms with Gasteiger partial charge in [-0.2, -0.15) is 0 Å². The molecule has 0 radical (unpaired) electrons. The van der Waals surface area contributed by atoms with Gasteiger partial charge in [-0.15, -0.1) is 0 Å². The van der Waals surface area contributed by atoms with Crippen LogP contribution < -0.4 is 0 Å². The van der Waals surface area contributed by atoms with Crippen LogP contribution in [0.5, 0.6) is 0 Å². The highest BCUT2D eigenvalue weighted by atomic mass is 35.5. The van der Waals surface area contributed by atoms with Crippen LogP contribution in [0.2, 0.25) is 10.0 Å². The quantitative estimate of drug-likeness (QED) is 0.709. The molecule has 0 nitrogen and oxygen atoms in total. The van der Waals surface area contributed by atoms with Crippen molar-refractivity contribution in [1.29, 1.82) is 0 Å². The van der Waals surface area contributed by atoms with Gasteiger partial charge in [-0.3, -0.25) is 0 Å². The van der Waals surface area contributed by atoms with E-state index >= 15 is 0 Å². The number of benzene rings is 2. The van der Waals surface area contributed by atoms with Gasteiger partial charge in [0.15, 0.2) is 0 Å². The lowest BCUT2D eigenvalue weighted by molar-refractivity contribution is 1.28. The predicted octanol–water partition coefficient (Wildman–Crippen LogP) is 5.25. The van der Waals surface area contributed by atoms with E-state index in [4.69, 9.17) is 23.2 Å². The van der Waals surface area contributed by atoms with E-state index in [2.05, 4.69) is 24.3 Å². The van der Waals surface area contributed by atoms with Gasteiger partial charge >= 0.3 is 0 Å². The molecule has 0 amide bonds. The minimum absolute atomic E-state index is 0.599. The molecule has 2 aromatic carbocycles. The van der Waals surface area contributed by atoms with Crippen LogP contribution in [0.15, 0.2) is 54.6 Å². The van der Waals surface area contributed by atoms with Crippen LogP contribution in [-0.2, 0) is 6.42 Å². The molecule has 0 aliphatic heterocycles. The fraction of sp³-hybridized carbons (Fsp3) is 0.0667. The summed E-state index contributed by atoms with van der Waals surface area (Å²) >= 11 is 11.8. The summed E-state index contributed by atoms with van der Waals surface area (Å²) in [5.74, 6) is 0. The number of rotatable bonds is 3. The summed E-state index contributed by atoms with van der Waals surface area (Å²) in [5, 5.41) is 1.21. The van der Waals surface area contributed by atoms with Gasteiger partial charge in [0.05, 0.1) is 10.0 Å². The van der Waals surface area contributed by atoms with Crippen LogP contribution in [0.3, 0.4) is 0 Å². The van der Waals surface area contributed by atoms with Gasteiger partial charge in [-0.05, 0) is 29.7 Å². The smallest absolute Gasteiger partial charge is 0.0595 e. The zero-order valence-corrected chi connectivity index (χ0v) is 10.7. The lowest BCUT2D eigenvalue weighted by Crippen LogP contribution is -1.81. The molecule has 0 atom stereocenters. The SMILES string of the molecule is Clc1ccc(CC=Cc2ccccc2)cc1Cl. The van der Waals surface area contributed by atoms with E-state index in [-0.39, 0.29) is 0 Å². The van der Waals surface area contributed by atoms with Gasteiger partial charge in [0.2, 0.25) is 0 Å². The van der Waals surface area contributed by atoms with Crippen LogP contribution in [0.4, 0.5) is 0 Å². The van der Waals surface area contributed by atoms with E-state index in [9.17, 15) is 0 Å². The zero-order valence-electron chi connectivity index (χ0n) is 9.24. The molecule has 0 saturated carbocycles. The molecule has 2 rings (SSSR count). The topological polar surface area (TPSA) is 0 Å². The van der Waals surface area contributed by atoms with Crippen molar-refractivity contribution in [3.63, 3.8) is 0 Å². The van der Waals surface area contributed by atoms with Gasteiger partial charge in [0, 0.05) is 0 Å². The van der Waals surface area contributed by atoms with E-state index in [0.29, 0.717) is 10.0 Å². The summed E-state index contributed by atoms with van der Waals surface area (Å²) < 4.78 is 0. The van der Waals surface area contributed by atoms with Gasteiger partial charge in [-0.25, -0.2) is 0 Å². The van der Waals surface area contributed by atoms with E-state index < -0.39 is 0 Å². The van der Waals surface area contributed by atoms with Crippen molar-refractivity contribution >= 4 is 29.3 Å². The molecule has 0 saturated heterocycles. The highest BCUT2D eigenvalue weighted by molar-refractivity contribution is 6.42. The van der Waals surface area contributed by atoms with Gasteiger partial charge in [-0.1, -0.05) is 71.8 Å². The molecular formula is C15H12Cl2. The van der Waals surface area contributed by atoms with Crippen molar-refractivity contribution in [3.05, 3.63) is 75.8 Å². The Kier molecular flexibility index (Phi) is 4.24. The fourth-order valence-corrected chi connectivity index (χ4v) is 1.88. The molecule has 17 heavy (non-hydrogen) atoms. The van der Waals surface area contributed by atoms with Gasteiger partial charge in [0.1, 0.15) is 0 Å². The third-order valence-electron chi connectivity index (χ3n) is 2.45. The van der Waals surface area contributed by atoms with E-state index in [1.165, 1.54) is 5.56 Å². The van der Waals surface area contributed by atoms with Crippen molar-refractivity contribution in [2.45, 2.75) is 6.42 Å². The highest BCUT2D eigenvalue weighted by Crippen LogP contribution is 2.22. The molecule has 0 heterocycles. The molecule has 0 spiro atoms. The Labute approximate surface area is 112 Å². The normalized spacial score (nSPS) is 10.9. The summed E-state index contributed by atoms with van der Waals surface area (Å²) in [7, 11) is 0. The van der Waals surface area contributed by atoms with E-state index in [0.717, 1.165) is 12.0 Å². The van der Waals surface area contributed by atoms with Crippen molar-refractivity contribution in [1.82, 2.24) is 0 Å². The molecular weight excluding hydrogens is 251 g/mol. The molecule has 0 fully saturated rings. The first-order valence-electron chi connectivity index (χ1n) is 5.41. The first-order chi connectivity index (χ1) is 8.25. The number of hydrogen-bond donors (Lipinski definition) is 0. The summed E-state index contributed by atoms with van der Waals surface area (Å²) in [5.41, 5.74) is 2.36. The Balaban J connectivity index is 2.03. The Morgan fingerprint density at radius 1 is 0.882 bits per heavy atom. The first-order valence-corrected chi connectivity index (χ1v) is 6.17. The lowest BCUT2D eigenvalue weighted by Gasteiger charge is -1.99. The summed E-state index contributed by atoms with van der Waals surface area (Å²) in [4.78, 5) is 0. The third kappa shape index (κ3) is 3.62. The number of halogens is 2. The minimum Gasteiger partial charge on any atom is -0.0827 e. The predicted molar refractivity (Wildman–Crippen MR) is 75.6 cm³/mol. The summed E-state index contributed by atoms with van der Waals surface area (Å²) in [6, 6.07) is 15.9. The van der Waals surface area contributed by atoms with Crippen LogP contribution in [0.25, 0.3) is 6.08 Å². The van der Waals surface area contributed by atoms with Crippen LogP contribution in [0, 0.1) is 0 Å². The maximum absolute atomic E-state index is 5.95. The average molecular weight is 263 g/mol. The van der Waals surface area contributed by atoms with E-state index in [1.807, 2.05) is 36.4 Å². The number of allylic oxidation sites excluding steroid dienone is 1. The number of hydrogen-bond acceptors (Lipinski definition) is 0. The van der Waals surface area contributed by atoms with Crippen LogP contribution in [0.1, 0.15) is 11.1 Å². The van der Waals surface area contributed by atoms with Crippen LogP contribution in [-0.4, -0.2) is 0 Å². The fourth-order valence-electron chi connectivity index (χ4n) is 1.56. The minimum atomic E-state index is 0.599. The molecule has 0 aromatic heterocycles. The standard InChI is InChI=1S/C15H12Cl2/c16-14-10-9-13(11-15(14)17)8-4-7-12-5-2-1-3-6-12/h1-7,9-11H,8H2. The Morgan fingerprint density at radius 2 is 1.65 bits per heavy atom. The Bertz CT molecular complexity index is 516. The summed E-state index contributed by atoms with van der Waals surface area (Å²) in [6.45, 7) is 0. The molecule has 0 N–H and O–H groups in total. The molecule has 0 bridgehead atoms. The largest absolute Gasteiger partial charge is 0.0827 e. The van der Waals surface area contributed by atoms with Crippen LogP contribution >= 0.6 is 23.2 Å². The summed E-state index contributed by atoms with van der Waals surface area (Å²) in [6.07, 6.45) is 5.07. The maximum atomic E-state index is 5.95. The maximum Gasteiger partial charge on any atom is 0.0595 e. The van der Waals surface area contributed by atoms with Gasteiger partial charge < -0.3 is 0 Å². The second-order valence-corrected chi connectivity index (χ2v) is 4.58. The van der Waals surface area contributed by atoms with Crippen molar-refractivity contribution < 1.29 is 0 Å². The van der Waals surface area contributed by atoms with Crippen molar-refractivity contribution in [3.8, 4) is 0 Å². The lowest BCUT2D eigenvalue weighted by atomic mass is 10.1. The molecule has 0 unspecified atom stereocenters. The molecule has 2 heteroatoms. The van der Waals surface area contributed by atoms with Crippen molar-refractivity contribution in [2.24, 2.45) is 0 Å². The average Bonchev–Trinajstić information content (AvgIpc) is 2.35. The monoisotopic (exact) mass is 262 g/mol. The second-order valence-electron chi connectivity index (χ2n) is 3.77. The molecule has 2 aromatic rings. The van der Waals surface area contributed by atoms with Gasteiger partial charge in [0.25, 0.3) is 0 Å². The highest BCUT2D eigenvalue weighted by Gasteiger charge is 1.97. The zero-order chi connectivity index (χ0) is 12.1. The van der Waals surface area contributed by atoms with Crippen molar-refractivity contribution in [2.75, 3.05) is 0 Å². The molecule has 0 aliphatic carbocycles. The third-order valence-corrected chi connectivity index (χ3v) is 3.19. The second kappa shape index (κ2) is 5.90. The van der Waals surface area contributed by atoms with E-state index in [1.54, 1.807) is 0 Å². The Hall–Kier alpha value is -1.24. The first kappa shape index (κ1) is 12.2. The molecule has 0 aliphatic rings. The molecule has 86 valence electrons.